The molecule has 3 rings (SSSR count). The Balaban J connectivity index is 2.03. The maximum atomic E-state index is 13.3. The highest BCUT2D eigenvalue weighted by molar-refractivity contribution is 6.36. The third-order valence-corrected chi connectivity index (χ3v) is 4.10. The van der Waals surface area contributed by atoms with Crippen molar-refractivity contribution in [2.75, 3.05) is 5.32 Å². The minimum Gasteiger partial charge on any atom is -0.406 e. The molecule has 1 heterocycles. The molecule has 2 aromatic carbocycles. The fraction of sp³-hybridized carbons (Fsp3) is 0.200. The average molecular weight is 408 g/mol. The van der Waals surface area contributed by atoms with Crippen LogP contribution in [0.5, 0.6) is 5.75 Å². The summed E-state index contributed by atoms with van der Waals surface area (Å²) >= 11 is 0. The van der Waals surface area contributed by atoms with E-state index in [9.17, 15) is 27.2 Å². The summed E-state index contributed by atoms with van der Waals surface area (Å²) in [5.41, 5.74) is 0.316. The Bertz CT molecular complexity index is 982. The van der Waals surface area contributed by atoms with Gasteiger partial charge in [-0.05, 0) is 43.7 Å². The van der Waals surface area contributed by atoms with Gasteiger partial charge in [-0.1, -0.05) is 18.2 Å². The van der Waals surface area contributed by atoms with E-state index in [1.54, 1.807) is 13.8 Å². The lowest BCUT2D eigenvalue weighted by atomic mass is 10.0. The van der Waals surface area contributed by atoms with E-state index >= 15 is 0 Å². The number of anilines is 1. The summed E-state index contributed by atoms with van der Waals surface area (Å²) in [6.07, 6.45) is -4.87. The number of imide groups is 1. The Morgan fingerprint density at radius 1 is 1.00 bits per heavy atom. The second-order valence-corrected chi connectivity index (χ2v) is 6.53. The predicted molar refractivity (Wildman–Crippen MR) is 97.1 cm³/mol. The summed E-state index contributed by atoms with van der Waals surface area (Å²) < 4.78 is 54.5. The monoisotopic (exact) mass is 408 g/mol. The highest BCUT2D eigenvalue weighted by Gasteiger charge is 2.40. The molecule has 5 nitrogen and oxygen atoms in total. The third-order valence-electron chi connectivity index (χ3n) is 4.10. The van der Waals surface area contributed by atoms with Crippen LogP contribution >= 0.6 is 0 Å². The number of hydrogen-bond donors (Lipinski definition) is 1. The van der Waals surface area contributed by atoms with Crippen LogP contribution in [0.3, 0.4) is 0 Å². The molecular weight excluding hydrogens is 392 g/mol. The van der Waals surface area contributed by atoms with Crippen LogP contribution in [-0.4, -0.2) is 29.1 Å². The summed E-state index contributed by atoms with van der Waals surface area (Å²) in [4.78, 5) is 26.7. The summed E-state index contributed by atoms with van der Waals surface area (Å²) in [7, 11) is 0. The van der Waals surface area contributed by atoms with Gasteiger partial charge in [-0.25, -0.2) is 4.39 Å². The average Bonchev–Trinajstić information content (AvgIpc) is 2.85. The standard InChI is InChI=1S/C20H16F4N2O3/c1-11(2)26-18(27)16(12-6-8-13(21)9-7-12)17(19(26)28)25-14-4-3-5-15(10-14)29-20(22,23)24/h3-11,25H,1-2H3. The first-order valence-electron chi connectivity index (χ1n) is 8.58. The summed E-state index contributed by atoms with van der Waals surface area (Å²) in [5.74, 6) is -2.21. The summed E-state index contributed by atoms with van der Waals surface area (Å²) in [6, 6.07) is 9.44. The van der Waals surface area contributed by atoms with Crippen LogP contribution < -0.4 is 10.1 Å². The highest BCUT2D eigenvalue weighted by Crippen LogP contribution is 2.33. The van der Waals surface area contributed by atoms with Gasteiger partial charge in [0.05, 0.1) is 5.57 Å². The van der Waals surface area contributed by atoms with Gasteiger partial charge in [0.1, 0.15) is 17.3 Å². The molecule has 152 valence electrons. The van der Waals surface area contributed by atoms with E-state index in [0.29, 0.717) is 5.56 Å². The van der Waals surface area contributed by atoms with Crippen molar-refractivity contribution in [2.24, 2.45) is 0 Å². The second-order valence-electron chi connectivity index (χ2n) is 6.53. The number of benzene rings is 2. The van der Waals surface area contributed by atoms with Gasteiger partial charge >= 0.3 is 6.36 Å². The molecule has 0 saturated carbocycles. The number of nitrogens with zero attached hydrogens (tertiary/aromatic N) is 1. The van der Waals surface area contributed by atoms with Crippen molar-refractivity contribution in [3.8, 4) is 5.75 Å². The first-order valence-corrected chi connectivity index (χ1v) is 8.58. The van der Waals surface area contributed by atoms with Crippen molar-refractivity contribution >= 4 is 23.1 Å². The van der Waals surface area contributed by atoms with E-state index < -0.39 is 35.8 Å². The number of carbonyl (C=O) groups excluding carboxylic acids is 2. The highest BCUT2D eigenvalue weighted by atomic mass is 19.4. The Hall–Kier alpha value is -3.36. The second kappa shape index (κ2) is 7.57. The maximum absolute atomic E-state index is 13.3. The van der Waals surface area contributed by atoms with E-state index in [-0.39, 0.29) is 17.0 Å². The van der Waals surface area contributed by atoms with Crippen LogP contribution in [0.1, 0.15) is 19.4 Å². The van der Waals surface area contributed by atoms with Crippen LogP contribution in [0.15, 0.2) is 54.2 Å². The van der Waals surface area contributed by atoms with Crippen molar-refractivity contribution < 1.29 is 31.9 Å². The van der Waals surface area contributed by atoms with Crippen LogP contribution in [0.2, 0.25) is 0 Å². The van der Waals surface area contributed by atoms with E-state index in [1.807, 2.05) is 0 Å². The lowest BCUT2D eigenvalue weighted by molar-refractivity contribution is -0.274. The molecule has 29 heavy (non-hydrogen) atoms. The number of halogens is 4. The first-order chi connectivity index (χ1) is 13.6. The fourth-order valence-corrected chi connectivity index (χ4v) is 2.93. The summed E-state index contributed by atoms with van der Waals surface area (Å²) in [5, 5.41) is 2.72. The van der Waals surface area contributed by atoms with Gasteiger partial charge in [0.25, 0.3) is 11.8 Å². The van der Waals surface area contributed by atoms with E-state index in [1.165, 1.54) is 24.3 Å². The zero-order valence-corrected chi connectivity index (χ0v) is 15.4. The van der Waals surface area contributed by atoms with Crippen molar-refractivity contribution in [1.29, 1.82) is 0 Å². The van der Waals surface area contributed by atoms with Gasteiger partial charge in [-0.2, -0.15) is 0 Å². The molecule has 0 spiro atoms. The van der Waals surface area contributed by atoms with E-state index in [4.69, 9.17) is 0 Å². The van der Waals surface area contributed by atoms with E-state index in [0.717, 1.165) is 29.2 Å². The van der Waals surface area contributed by atoms with Crippen LogP contribution in [0.25, 0.3) is 5.57 Å². The van der Waals surface area contributed by atoms with Crippen LogP contribution in [0, 0.1) is 5.82 Å². The molecule has 2 amide bonds. The topological polar surface area (TPSA) is 58.6 Å². The summed E-state index contributed by atoms with van der Waals surface area (Å²) in [6.45, 7) is 3.30. The van der Waals surface area contributed by atoms with Crippen molar-refractivity contribution in [3.63, 3.8) is 0 Å². The molecule has 0 aromatic heterocycles. The smallest absolute Gasteiger partial charge is 0.406 e. The van der Waals surface area contributed by atoms with Gasteiger partial charge in [0.15, 0.2) is 0 Å². The number of ether oxygens (including phenoxy) is 1. The molecule has 1 aliphatic rings. The van der Waals surface area contributed by atoms with Gasteiger partial charge < -0.3 is 10.1 Å². The van der Waals surface area contributed by atoms with Gasteiger partial charge in [0, 0.05) is 17.8 Å². The fourth-order valence-electron chi connectivity index (χ4n) is 2.93. The molecule has 0 saturated heterocycles. The van der Waals surface area contributed by atoms with Gasteiger partial charge in [-0.15, -0.1) is 13.2 Å². The molecule has 0 atom stereocenters. The quantitative estimate of drug-likeness (QED) is 0.591. The minimum absolute atomic E-state index is 0.00541. The number of amides is 2. The lowest BCUT2D eigenvalue weighted by Crippen LogP contribution is -2.38. The Kier molecular flexibility index (Phi) is 5.32. The minimum atomic E-state index is -4.87. The largest absolute Gasteiger partial charge is 0.573 e. The normalized spacial score (nSPS) is 14.8. The Morgan fingerprint density at radius 2 is 1.66 bits per heavy atom. The van der Waals surface area contributed by atoms with Crippen LogP contribution in [0.4, 0.5) is 23.2 Å². The molecule has 9 heteroatoms. The molecule has 0 aliphatic carbocycles. The number of nitrogens with one attached hydrogen (secondary N) is 1. The van der Waals surface area contributed by atoms with Crippen molar-refractivity contribution in [2.45, 2.75) is 26.3 Å². The number of carbonyl (C=O) groups is 2. The van der Waals surface area contributed by atoms with Crippen molar-refractivity contribution in [1.82, 2.24) is 4.90 Å². The number of hydrogen-bond acceptors (Lipinski definition) is 4. The van der Waals surface area contributed by atoms with Gasteiger partial charge in [0.2, 0.25) is 0 Å². The molecule has 0 unspecified atom stereocenters. The van der Waals surface area contributed by atoms with E-state index in [2.05, 4.69) is 10.1 Å². The lowest BCUT2D eigenvalue weighted by Gasteiger charge is -2.19. The zero-order chi connectivity index (χ0) is 21.3. The molecule has 1 N–H and O–H groups in total. The first kappa shape index (κ1) is 20.4. The third kappa shape index (κ3) is 4.39. The Labute approximate surface area is 163 Å². The SMILES string of the molecule is CC(C)N1C(=O)C(Nc2cccc(OC(F)(F)F)c2)=C(c2ccc(F)cc2)C1=O. The molecule has 0 bridgehead atoms. The number of rotatable bonds is 5. The molecule has 0 radical (unpaired) electrons. The van der Waals surface area contributed by atoms with Crippen LogP contribution in [-0.2, 0) is 9.59 Å². The van der Waals surface area contributed by atoms with Gasteiger partial charge in [-0.3, -0.25) is 14.5 Å². The molecule has 2 aromatic rings. The maximum Gasteiger partial charge on any atom is 0.573 e. The predicted octanol–water partition coefficient (Wildman–Crippen LogP) is 4.32. The zero-order valence-electron chi connectivity index (χ0n) is 15.4. The molecular formula is C20H16F4N2O3. The number of alkyl halides is 3. The molecule has 0 fully saturated rings. The molecule has 1 aliphatic heterocycles. The Morgan fingerprint density at radius 3 is 2.24 bits per heavy atom. The van der Waals surface area contributed by atoms with Crippen molar-refractivity contribution in [3.05, 3.63) is 65.6 Å².